The van der Waals surface area contributed by atoms with Crippen LogP contribution in [0.5, 0.6) is 0 Å². The van der Waals surface area contributed by atoms with Gasteiger partial charge < -0.3 is 10.1 Å². The monoisotopic (exact) mass is 637 g/mol. The number of allylic oxidation sites excluding steroid dienone is 5. The second-order valence-corrected chi connectivity index (χ2v) is 17.8. The molecule has 0 aromatic heterocycles. The summed E-state index contributed by atoms with van der Waals surface area (Å²) in [4.78, 5) is 26.1. The van der Waals surface area contributed by atoms with Crippen LogP contribution in [0.1, 0.15) is 126 Å². The molecule has 1 N–H and O–H groups in total. The molecule has 8 atom stereocenters. The highest BCUT2D eigenvalue weighted by Crippen LogP contribution is 2.76. The maximum Gasteiger partial charge on any atom is 0.309 e. The van der Waals surface area contributed by atoms with E-state index < -0.39 is 0 Å². The Kier molecular flexibility index (Phi) is 8.67. The van der Waals surface area contributed by atoms with E-state index in [4.69, 9.17) is 16.3 Å². The van der Waals surface area contributed by atoms with Crippen molar-refractivity contribution < 1.29 is 14.3 Å². The summed E-state index contributed by atoms with van der Waals surface area (Å²) in [6.45, 7) is 20.6. The van der Waals surface area contributed by atoms with Crippen molar-refractivity contribution >= 4 is 23.4 Å². The third kappa shape index (κ3) is 4.83. The average Bonchev–Trinajstić information content (AvgIpc) is 3.28. The van der Waals surface area contributed by atoms with Crippen LogP contribution in [-0.4, -0.2) is 36.3 Å². The van der Waals surface area contributed by atoms with Crippen molar-refractivity contribution in [3.63, 3.8) is 0 Å². The molecule has 6 aliphatic carbocycles. The predicted octanol–water partition coefficient (Wildman–Crippen LogP) is 9.37. The molecule has 45 heavy (non-hydrogen) atoms. The average molecular weight is 638 g/mol. The first-order valence-corrected chi connectivity index (χ1v) is 18.9. The highest BCUT2D eigenvalue weighted by Gasteiger charge is 2.69. The molecular formula is C40H60ClNO3. The first-order valence-electron chi connectivity index (χ1n) is 18.4. The number of fused-ring (bicyclic) bond motifs is 7. The number of alkyl halides is 1. The second-order valence-electron chi connectivity index (χ2n) is 17.4. The van der Waals surface area contributed by atoms with Gasteiger partial charge in [-0.15, -0.1) is 11.6 Å². The van der Waals surface area contributed by atoms with Gasteiger partial charge in [-0.05, 0) is 139 Å². The van der Waals surface area contributed by atoms with E-state index >= 15 is 0 Å². The topological polar surface area (TPSA) is 55.4 Å². The number of carbonyl (C=O) groups is 2. The van der Waals surface area contributed by atoms with Crippen LogP contribution in [0.25, 0.3) is 0 Å². The number of ketones is 1. The first kappa shape index (κ1) is 33.5. The van der Waals surface area contributed by atoms with E-state index in [1.54, 1.807) is 5.57 Å². The Morgan fingerprint density at radius 3 is 2.40 bits per heavy atom. The second kappa shape index (κ2) is 11.6. The molecule has 3 saturated carbocycles. The number of nitrogens with one attached hydrogen (secondary N) is 1. The molecule has 0 aromatic rings. The fourth-order valence-corrected chi connectivity index (χ4v) is 12.9. The Balaban J connectivity index is 1.33. The van der Waals surface area contributed by atoms with Crippen molar-refractivity contribution in [1.29, 1.82) is 0 Å². The highest BCUT2D eigenvalue weighted by atomic mass is 35.5. The Hall–Kier alpha value is -1.39. The van der Waals surface area contributed by atoms with Gasteiger partial charge in [0.15, 0.2) is 5.78 Å². The quantitative estimate of drug-likeness (QED) is 0.223. The minimum atomic E-state index is -0.190. The lowest BCUT2D eigenvalue weighted by Gasteiger charge is -2.71. The summed E-state index contributed by atoms with van der Waals surface area (Å²) < 4.78 is 5.35. The van der Waals surface area contributed by atoms with Gasteiger partial charge in [-0.25, -0.2) is 0 Å². The molecule has 0 aromatic carbocycles. The SMILES string of the molecule is CCOC(=O)C1CC=C(C2=CC[C@]3(C)[C@H]4CC[C@@H]5C6=C(C(C)C)C(=O)C[C@]6(NCCCl)CC[C@@]5(C)[C@]4(C)CC[C@H]3C2(C)C)CC1. The van der Waals surface area contributed by atoms with Crippen molar-refractivity contribution in [2.24, 2.45) is 51.2 Å². The summed E-state index contributed by atoms with van der Waals surface area (Å²) in [5, 5.41) is 3.86. The molecule has 0 saturated heterocycles. The fraction of sp³-hybridized carbons (Fsp3) is 0.800. The number of hydrogen-bond acceptors (Lipinski definition) is 4. The minimum absolute atomic E-state index is 0.0124. The summed E-state index contributed by atoms with van der Waals surface area (Å²) in [6, 6.07) is 0. The number of hydrogen-bond donors (Lipinski definition) is 1. The number of Topliss-reactive ketones (excluding diaryl/α,β-unsaturated/α-hetero) is 1. The van der Waals surface area contributed by atoms with Crippen molar-refractivity contribution in [3.8, 4) is 0 Å². The molecule has 6 aliphatic rings. The number of esters is 1. The first-order chi connectivity index (χ1) is 21.2. The van der Waals surface area contributed by atoms with Crippen LogP contribution in [-0.2, 0) is 14.3 Å². The summed E-state index contributed by atoms with van der Waals surface area (Å²) in [6.07, 6.45) is 16.7. The van der Waals surface area contributed by atoms with Crippen LogP contribution in [0.3, 0.4) is 0 Å². The Labute approximate surface area is 278 Å². The molecule has 0 aliphatic heterocycles. The van der Waals surface area contributed by atoms with E-state index in [-0.39, 0.29) is 45.0 Å². The largest absolute Gasteiger partial charge is 0.466 e. The number of ether oxygens (including phenoxy) is 1. The van der Waals surface area contributed by atoms with Gasteiger partial charge in [0.25, 0.3) is 0 Å². The molecule has 0 amide bonds. The fourth-order valence-electron chi connectivity index (χ4n) is 12.8. The molecule has 0 heterocycles. The molecule has 250 valence electrons. The lowest BCUT2D eigenvalue weighted by Crippen LogP contribution is -2.66. The molecular weight excluding hydrogens is 578 g/mol. The maximum atomic E-state index is 13.7. The van der Waals surface area contributed by atoms with E-state index in [1.807, 2.05) is 6.92 Å². The van der Waals surface area contributed by atoms with Crippen LogP contribution in [0, 0.1) is 51.2 Å². The number of rotatable bonds is 7. The molecule has 4 nitrogen and oxygen atoms in total. The van der Waals surface area contributed by atoms with Crippen LogP contribution in [0.15, 0.2) is 34.4 Å². The van der Waals surface area contributed by atoms with Crippen LogP contribution < -0.4 is 5.32 Å². The van der Waals surface area contributed by atoms with Crippen molar-refractivity contribution in [2.45, 2.75) is 132 Å². The molecule has 5 heteroatoms. The lowest BCUT2D eigenvalue weighted by molar-refractivity contribution is -0.196. The molecule has 0 spiro atoms. The molecule has 1 unspecified atom stereocenters. The zero-order valence-electron chi connectivity index (χ0n) is 29.5. The zero-order valence-corrected chi connectivity index (χ0v) is 30.3. The van der Waals surface area contributed by atoms with E-state index in [0.717, 1.165) is 44.2 Å². The van der Waals surface area contributed by atoms with Gasteiger partial charge >= 0.3 is 5.97 Å². The van der Waals surface area contributed by atoms with Gasteiger partial charge in [0.1, 0.15) is 0 Å². The normalized spacial score (nSPS) is 42.3. The third-order valence-electron chi connectivity index (χ3n) is 14.9. The molecule has 0 bridgehead atoms. The van der Waals surface area contributed by atoms with Gasteiger partial charge in [-0.2, -0.15) is 0 Å². The van der Waals surface area contributed by atoms with E-state index in [9.17, 15) is 9.59 Å². The number of halogens is 1. The summed E-state index contributed by atoms with van der Waals surface area (Å²) in [5.74, 6) is 2.97. The lowest BCUT2D eigenvalue weighted by atomic mass is 9.33. The zero-order chi connectivity index (χ0) is 32.6. The molecule has 0 radical (unpaired) electrons. The van der Waals surface area contributed by atoms with Crippen molar-refractivity contribution in [1.82, 2.24) is 5.32 Å². The van der Waals surface area contributed by atoms with Gasteiger partial charge in [-0.3, -0.25) is 9.59 Å². The summed E-state index contributed by atoms with van der Waals surface area (Å²) in [5.41, 5.74) is 6.26. The standard InChI is InChI=1S/C40H60ClNO3/c1-9-45-35(44)27-12-10-26(11-13-27)28-16-18-37(6)31(36(28,4)5)17-19-39(8)32(37)15-14-29-34-33(25(2)3)30(43)24-40(34,42-23-22-41)21-20-38(29,39)7/h10,16,25,27,29,31-32,42H,9,11-15,17-24H2,1-8H3/t27?,29-,31+,32-,37+,38-,39-,40-/m1/s1. The van der Waals surface area contributed by atoms with Gasteiger partial charge in [0, 0.05) is 24.4 Å². The Bertz CT molecular complexity index is 1320. The maximum absolute atomic E-state index is 13.7. The number of carbonyl (C=O) groups excluding carboxylic acids is 2. The summed E-state index contributed by atoms with van der Waals surface area (Å²) in [7, 11) is 0. The van der Waals surface area contributed by atoms with Crippen molar-refractivity contribution in [3.05, 3.63) is 34.4 Å². The van der Waals surface area contributed by atoms with Crippen LogP contribution in [0.2, 0.25) is 0 Å². The van der Waals surface area contributed by atoms with Crippen LogP contribution >= 0.6 is 11.6 Å². The van der Waals surface area contributed by atoms with E-state index in [0.29, 0.717) is 42.4 Å². The smallest absolute Gasteiger partial charge is 0.309 e. The molecule has 3 fully saturated rings. The van der Waals surface area contributed by atoms with Crippen molar-refractivity contribution in [2.75, 3.05) is 19.0 Å². The van der Waals surface area contributed by atoms with Crippen LogP contribution in [0.4, 0.5) is 0 Å². The third-order valence-corrected chi connectivity index (χ3v) is 15.1. The van der Waals surface area contributed by atoms with E-state index in [2.05, 4.69) is 65.9 Å². The van der Waals surface area contributed by atoms with Gasteiger partial charge in [-0.1, -0.05) is 60.6 Å². The Morgan fingerprint density at radius 1 is 1.00 bits per heavy atom. The highest BCUT2D eigenvalue weighted by molar-refractivity contribution is 6.18. The predicted molar refractivity (Wildman–Crippen MR) is 184 cm³/mol. The minimum Gasteiger partial charge on any atom is -0.466 e. The van der Waals surface area contributed by atoms with Gasteiger partial charge in [0.05, 0.1) is 12.5 Å². The van der Waals surface area contributed by atoms with E-state index in [1.165, 1.54) is 43.3 Å². The van der Waals surface area contributed by atoms with Gasteiger partial charge in [0.2, 0.25) is 0 Å². The summed E-state index contributed by atoms with van der Waals surface area (Å²) >= 11 is 6.22. The Morgan fingerprint density at radius 2 is 1.76 bits per heavy atom. The molecule has 6 rings (SSSR count).